The van der Waals surface area contributed by atoms with Crippen LogP contribution in [0, 0.1) is 17.6 Å². The maximum Gasteiger partial charge on any atom is 0.250 e. The van der Waals surface area contributed by atoms with Crippen molar-refractivity contribution >= 4 is 11.8 Å². The molecule has 0 unspecified atom stereocenters. The summed E-state index contributed by atoms with van der Waals surface area (Å²) in [6, 6.07) is 0.445. The van der Waals surface area contributed by atoms with Gasteiger partial charge < -0.3 is 0 Å². The fraction of sp³-hybridized carbons (Fsp3) is 0. The SMILES string of the molecule is Fc1cc(F)c(Sc2cnccn2)nc1F. The van der Waals surface area contributed by atoms with Crippen LogP contribution in [-0.4, -0.2) is 15.0 Å². The second kappa shape index (κ2) is 4.48. The normalized spacial score (nSPS) is 10.4. The first-order valence-electron chi connectivity index (χ1n) is 4.12. The zero-order valence-corrected chi connectivity index (χ0v) is 8.51. The molecule has 0 N–H and O–H groups in total. The number of pyridine rings is 1. The van der Waals surface area contributed by atoms with Crippen molar-refractivity contribution in [3.63, 3.8) is 0 Å². The van der Waals surface area contributed by atoms with Crippen LogP contribution in [0.3, 0.4) is 0 Å². The molecule has 2 rings (SSSR count). The number of hydrogen-bond donors (Lipinski definition) is 0. The first kappa shape index (κ1) is 10.9. The van der Waals surface area contributed by atoms with E-state index in [2.05, 4.69) is 15.0 Å². The number of rotatable bonds is 2. The van der Waals surface area contributed by atoms with Crippen LogP contribution in [0.2, 0.25) is 0 Å². The molecule has 2 aromatic rings. The maximum atomic E-state index is 13.2. The maximum absolute atomic E-state index is 13.2. The van der Waals surface area contributed by atoms with Crippen LogP contribution in [0.15, 0.2) is 34.7 Å². The minimum Gasteiger partial charge on any atom is -0.260 e. The van der Waals surface area contributed by atoms with E-state index in [0.717, 1.165) is 11.8 Å². The van der Waals surface area contributed by atoms with Crippen LogP contribution in [0.1, 0.15) is 0 Å². The minimum absolute atomic E-state index is 0.278. The summed E-state index contributed by atoms with van der Waals surface area (Å²) < 4.78 is 38.5. The molecule has 0 saturated carbocycles. The van der Waals surface area contributed by atoms with Crippen LogP contribution in [0.25, 0.3) is 0 Å². The molecule has 0 fully saturated rings. The predicted octanol–water partition coefficient (Wildman–Crippen LogP) is 2.44. The molecular formula is C9H4F3N3S. The van der Waals surface area contributed by atoms with Gasteiger partial charge in [-0.05, 0) is 11.8 Å². The second-order valence-corrected chi connectivity index (χ2v) is 3.70. The van der Waals surface area contributed by atoms with Crippen molar-refractivity contribution in [3.05, 3.63) is 42.2 Å². The average molecular weight is 243 g/mol. The van der Waals surface area contributed by atoms with Crippen molar-refractivity contribution in [2.24, 2.45) is 0 Å². The summed E-state index contributed by atoms with van der Waals surface area (Å²) in [6.45, 7) is 0. The van der Waals surface area contributed by atoms with Crippen molar-refractivity contribution in [2.45, 2.75) is 10.1 Å². The summed E-state index contributed by atoms with van der Waals surface area (Å²) in [5.41, 5.74) is 0. The van der Waals surface area contributed by atoms with E-state index in [1.165, 1.54) is 18.6 Å². The van der Waals surface area contributed by atoms with Crippen LogP contribution in [-0.2, 0) is 0 Å². The van der Waals surface area contributed by atoms with E-state index in [1.54, 1.807) is 0 Å². The molecule has 0 bridgehead atoms. The van der Waals surface area contributed by atoms with Crippen molar-refractivity contribution in [1.29, 1.82) is 0 Å². The largest absolute Gasteiger partial charge is 0.260 e. The van der Waals surface area contributed by atoms with E-state index < -0.39 is 17.6 Å². The second-order valence-electron chi connectivity index (χ2n) is 2.69. The van der Waals surface area contributed by atoms with E-state index >= 15 is 0 Å². The zero-order valence-electron chi connectivity index (χ0n) is 7.69. The molecule has 0 aliphatic heterocycles. The Balaban J connectivity index is 2.32. The Morgan fingerprint density at radius 3 is 2.56 bits per heavy atom. The lowest BCUT2D eigenvalue weighted by molar-refractivity contribution is 0.448. The Hall–Kier alpha value is -1.63. The molecule has 16 heavy (non-hydrogen) atoms. The van der Waals surface area contributed by atoms with Crippen LogP contribution >= 0.6 is 11.8 Å². The quantitative estimate of drug-likeness (QED) is 0.759. The van der Waals surface area contributed by atoms with Gasteiger partial charge in [-0.3, -0.25) is 4.98 Å². The number of nitrogens with zero attached hydrogens (tertiary/aromatic N) is 3. The third-order valence-corrected chi connectivity index (χ3v) is 2.49. The van der Waals surface area contributed by atoms with Gasteiger partial charge >= 0.3 is 0 Å². The van der Waals surface area contributed by atoms with Crippen molar-refractivity contribution < 1.29 is 13.2 Å². The first-order valence-corrected chi connectivity index (χ1v) is 4.94. The molecule has 2 heterocycles. The smallest absolute Gasteiger partial charge is 0.250 e. The van der Waals surface area contributed by atoms with Gasteiger partial charge in [0, 0.05) is 18.5 Å². The highest BCUT2D eigenvalue weighted by molar-refractivity contribution is 7.99. The van der Waals surface area contributed by atoms with E-state index in [9.17, 15) is 13.2 Å². The minimum atomic E-state index is -1.34. The Morgan fingerprint density at radius 2 is 1.88 bits per heavy atom. The van der Waals surface area contributed by atoms with Gasteiger partial charge in [-0.1, -0.05) is 0 Å². The predicted molar refractivity (Wildman–Crippen MR) is 50.3 cm³/mol. The molecule has 0 amide bonds. The molecule has 3 nitrogen and oxygen atoms in total. The summed E-state index contributed by atoms with van der Waals surface area (Å²) in [5.74, 6) is -3.59. The third kappa shape index (κ3) is 2.30. The monoisotopic (exact) mass is 243 g/mol. The molecule has 0 aliphatic rings. The lowest BCUT2D eigenvalue weighted by Gasteiger charge is -2.01. The van der Waals surface area contributed by atoms with Gasteiger partial charge in [0.1, 0.15) is 10.1 Å². The summed E-state index contributed by atoms with van der Waals surface area (Å²) in [6.07, 6.45) is 4.21. The average Bonchev–Trinajstić information content (AvgIpc) is 2.27. The van der Waals surface area contributed by atoms with E-state index in [0.29, 0.717) is 11.1 Å². The lowest BCUT2D eigenvalue weighted by atomic mass is 10.4. The number of halogens is 3. The third-order valence-electron chi connectivity index (χ3n) is 1.60. The molecule has 0 atom stereocenters. The molecule has 0 aliphatic carbocycles. The van der Waals surface area contributed by atoms with Gasteiger partial charge in [-0.2, -0.15) is 4.39 Å². The van der Waals surface area contributed by atoms with Gasteiger partial charge in [-0.25, -0.2) is 18.7 Å². The standard InChI is InChI=1S/C9H4F3N3S/c10-5-3-6(11)9(15-8(5)12)16-7-4-13-1-2-14-7/h1-4H. The Kier molecular flexibility index (Phi) is 3.04. The van der Waals surface area contributed by atoms with Gasteiger partial charge in [0.2, 0.25) is 5.95 Å². The fourth-order valence-corrected chi connectivity index (χ4v) is 1.64. The lowest BCUT2D eigenvalue weighted by Crippen LogP contribution is -1.96. The van der Waals surface area contributed by atoms with E-state index in [4.69, 9.17) is 0 Å². The van der Waals surface area contributed by atoms with Gasteiger partial charge in [0.15, 0.2) is 11.6 Å². The zero-order chi connectivity index (χ0) is 11.5. The highest BCUT2D eigenvalue weighted by Crippen LogP contribution is 2.26. The topological polar surface area (TPSA) is 38.7 Å². The highest BCUT2D eigenvalue weighted by atomic mass is 32.2. The van der Waals surface area contributed by atoms with Crippen LogP contribution in [0.5, 0.6) is 0 Å². The van der Waals surface area contributed by atoms with Gasteiger partial charge in [0.05, 0.1) is 6.20 Å². The van der Waals surface area contributed by atoms with Crippen LogP contribution < -0.4 is 0 Å². The molecular weight excluding hydrogens is 239 g/mol. The van der Waals surface area contributed by atoms with Crippen molar-refractivity contribution in [2.75, 3.05) is 0 Å². The van der Waals surface area contributed by atoms with E-state index in [-0.39, 0.29) is 5.03 Å². The van der Waals surface area contributed by atoms with Crippen molar-refractivity contribution in [3.8, 4) is 0 Å². The van der Waals surface area contributed by atoms with Gasteiger partial charge in [0.25, 0.3) is 0 Å². The molecule has 0 saturated heterocycles. The summed E-state index contributed by atoms with van der Waals surface area (Å²) in [5, 5.41) is 0.0688. The molecule has 2 aromatic heterocycles. The highest BCUT2D eigenvalue weighted by Gasteiger charge is 2.13. The molecule has 82 valence electrons. The van der Waals surface area contributed by atoms with Crippen molar-refractivity contribution in [1.82, 2.24) is 15.0 Å². The number of hydrogen-bond acceptors (Lipinski definition) is 4. The molecule has 0 aromatic carbocycles. The summed E-state index contributed by atoms with van der Waals surface area (Å²) in [7, 11) is 0. The summed E-state index contributed by atoms with van der Waals surface area (Å²) >= 11 is 0.771. The van der Waals surface area contributed by atoms with E-state index in [1.807, 2.05) is 0 Å². The Labute approximate surface area is 92.8 Å². The summed E-state index contributed by atoms with van der Waals surface area (Å²) in [4.78, 5) is 10.7. The Bertz CT molecular complexity index is 507. The molecule has 0 radical (unpaired) electrons. The molecule has 0 spiro atoms. The van der Waals surface area contributed by atoms with Gasteiger partial charge in [-0.15, -0.1) is 0 Å². The Morgan fingerprint density at radius 1 is 1.06 bits per heavy atom. The first-order chi connectivity index (χ1) is 7.66. The molecule has 7 heteroatoms. The number of aromatic nitrogens is 3. The van der Waals surface area contributed by atoms with Crippen LogP contribution in [0.4, 0.5) is 13.2 Å². The fourth-order valence-electron chi connectivity index (χ4n) is 0.937.